The third kappa shape index (κ3) is 2.79. The fourth-order valence-electron chi connectivity index (χ4n) is 1.30. The number of carbonyl (C=O) groups is 1. The van der Waals surface area contributed by atoms with Crippen LogP contribution in [0.3, 0.4) is 0 Å². The highest BCUT2D eigenvalue weighted by Gasteiger charge is 2.24. The van der Waals surface area contributed by atoms with Crippen molar-refractivity contribution in [3.05, 3.63) is 11.9 Å². The number of nitrogens with zero attached hydrogens (tertiary/aromatic N) is 3. The van der Waals surface area contributed by atoms with Crippen molar-refractivity contribution in [2.45, 2.75) is 44.9 Å². The van der Waals surface area contributed by atoms with E-state index in [2.05, 4.69) is 15.6 Å². The SMILES string of the molecule is CC(C)(O)c1cn(CC(=O)NC2CC2)nn1. The van der Waals surface area contributed by atoms with Gasteiger partial charge in [-0.25, -0.2) is 4.68 Å². The Morgan fingerprint density at radius 1 is 1.69 bits per heavy atom. The van der Waals surface area contributed by atoms with E-state index in [1.54, 1.807) is 20.0 Å². The Kier molecular flexibility index (Phi) is 2.67. The normalized spacial score (nSPS) is 16.2. The number of amides is 1. The van der Waals surface area contributed by atoms with Gasteiger partial charge in [0.1, 0.15) is 17.8 Å². The molecule has 1 aromatic heterocycles. The second-order valence-corrected chi connectivity index (χ2v) is 4.70. The molecule has 0 atom stereocenters. The highest BCUT2D eigenvalue weighted by molar-refractivity contribution is 5.76. The van der Waals surface area contributed by atoms with Crippen molar-refractivity contribution < 1.29 is 9.90 Å². The van der Waals surface area contributed by atoms with Gasteiger partial charge in [-0.2, -0.15) is 0 Å². The van der Waals surface area contributed by atoms with Crippen LogP contribution >= 0.6 is 0 Å². The maximum atomic E-state index is 11.5. The molecule has 2 N–H and O–H groups in total. The van der Waals surface area contributed by atoms with Crippen LogP contribution in [-0.2, 0) is 16.9 Å². The fourth-order valence-corrected chi connectivity index (χ4v) is 1.30. The maximum Gasteiger partial charge on any atom is 0.242 e. The molecule has 1 saturated carbocycles. The van der Waals surface area contributed by atoms with Gasteiger partial charge in [-0.15, -0.1) is 5.10 Å². The zero-order chi connectivity index (χ0) is 11.8. The molecule has 1 fully saturated rings. The van der Waals surface area contributed by atoms with Crippen molar-refractivity contribution in [2.75, 3.05) is 0 Å². The third-order valence-corrected chi connectivity index (χ3v) is 2.41. The second kappa shape index (κ2) is 3.86. The van der Waals surface area contributed by atoms with E-state index in [0.29, 0.717) is 11.7 Å². The molecule has 6 heteroatoms. The number of hydrogen-bond acceptors (Lipinski definition) is 4. The largest absolute Gasteiger partial charge is 0.384 e. The zero-order valence-electron chi connectivity index (χ0n) is 9.47. The molecule has 1 aliphatic carbocycles. The first kappa shape index (κ1) is 11.1. The quantitative estimate of drug-likeness (QED) is 0.741. The Bertz CT molecular complexity index is 390. The lowest BCUT2D eigenvalue weighted by atomic mass is 10.1. The molecule has 0 spiro atoms. The van der Waals surface area contributed by atoms with E-state index in [4.69, 9.17) is 0 Å². The van der Waals surface area contributed by atoms with Gasteiger partial charge in [-0.1, -0.05) is 5.21 Å². The molecule has 6 nitrogen and oxygen atoms in total. The average Bonchev–Trinajstić information content (AvgIpc) is 2.80. The van der Waals surface area contributed by atoms with Gasteiger partial charge in [0.2, 0.25) is 5.91 Å². The number of nitrogens with one attached hydrogen (secondary N) is 1. The molecule has 2 rings (SSSR count). The number of aromatic nitrogens is 3. The van der Waals surface area contributed by atoms with Crippen molar-refractivity contribution in [1.82, 2.24) is 20.3 Å². The molecule has 1 aromatic rings. The Hall–Kier alpha value is -1.43. The minimum absolute atomic E-state index is 0.0605. The van der Waals surface area contributed by atoms with Crippen molar-refractivity contribution in [3.63, 3.8) is 0 Å². The third-order valence-electron chi connectivity index (χ3n) is 2.41. The van der Waals surface area contributed by atoms with Crippen LogP contribution in [0.15, 0.2) is 6.20 Å². The van der Waals surface area contributed by atoms with E-state index in [-0.39, 0.29) is 12.5 Å². The molecule has 0 bridgehead atoms. The van der Waals surface area contributed by atoms with Gasteiger partial charge < -0.3 is 10.4 Å². The summed E-state index contributed by atoms with van der Waals surface area (Å²) in [7, 11) is 0. The Morgan fingerprint density at radius 2 is 2.38 bits per heavy atom. The smallest absolute Gasteiger partial charge is 0.242 e. The molecule has 0 aliphatic heterocycles. The lowest BCUT2D eigenvalue weighted by Gasteiger charge is -2.11. The van der Waals surface area contributed by atoms with E-state index in [1.165, 1.54) is 4.68 Å². The summed E-state index contributed by atoms with van der Waals surface area (Å²) in [5, 5.41) is 20.2. The lowest BCUT2D eigenvalue weighted by Crippen LogP contribution is -2.29. The van der Waals surface area contributed by atoms with Crippen LogP contribution in [0, 0.1) is 0 Å². The summed E-state index contributed by atoms with van der Waals surface area (Å²) in [5.74, 6) is -0.0605. The molecule has 0 unspecified atom stereocenters. The van der Waals surface area contributed by atoms with Crippen LogP contribution in [0.25, 0.3) is 0 Å². The first-order chi connectivity index (χ1) is 7.45. The van der Waals surface area contributed by atoms with Gasteiger partial charge in [-0.3, -0.25) is 4.79 Å². The highest BCUT2D eigenvalue weighted by atomic mass is 16.3. The monoisotopic (exact) mass is 224 g/mol. The van der Waals surface area contributed by atoms with Crippen LogP contribution < -0.4 is 5.32 Å². The fraction of sp³-hybridized carbons (Fsp3) is 0.700. The lowest BCUT2D eigenvalue weighted by molar-refractivity contribution is -0.122. The molecule has 1 heterocycles. The Labute approximate surface area is 93.6 Å². The summed E-state index contributed by atoms with van der Waals surface area (Å²) in [6, 6.07) is 0.352. The zero-order valence-corrected chi connectivity index (χ0v) is 9.47. The van der Waals surface area contributed by atoms with Crippen LogP contribution in [0.5, 0.6) is 0 Å². The van der Waals surface area contributed by atoms with Gasteiger partial charge in [0.25, 0.3) is 0 Å². The topological polar surface area (TPSA) is 80.0 Å². The summed E-state index contributed by atoms with van der Waals surface area (Å²) in [4.78, 5) is 11.5. The summed E-state index contributed by atoms with van der Waals surface area (Å²) < 4.78 is 1.44. The van der Waals surface area contributed by atoms with E-state index < -0.39 is 5.60 Å². The van der Waals surface area contributed by atoms with E-state index in [1.807, 2.05) is 0 Å². The van der Waals surface area contributed by atoms with Crippen LogP contribution in [-0.4, -0.2) is 32.0 Å². The molecule has 1 amide bonds. The highest BCUT2D eigenvalue weighted by Crippen LogP contribution is 2.18. The van der Waals surface area contributed by atoms with Crippen molar-refractivity contribution in [3.8, 4) is 0 Å². The van der Waals surface area contributed by atoms with Crippen LogP contribution in [0.4, 0.5) is 0 Å². The second-order valence-electron chi connectivity index (χ2n) is 4.70. The average molecular weight is 224 g/mol. The van der Waals surface area contributed by atoms with Gasteiger partial charge in [0.05, 0.1) is 6.20 Å². The van der Waals surface area contributed by atoms with Crippen LogP contribution in [0.2, 0.25) is 0 Å². The molecule has 16 heavy (non-hydrogen) atoms. The Balaban J connectivity index is 1.93. The first-order valence-electron chi connectivity index (χ1n) is 5.37. The summed E-state index contributed by atoms with van der Waals surface area (Å²) in [6.45, 7) is 3.41. The predicted octanol–water partition coefficient (Wildman–Crippen LogP) is -0.216. The number of hydrogen-bond donors (Lipinski definition) is 2. The summed E-state index contributed by atoms with van der Waals surface area (Å²) in [5.41, 5.74) is -0.558. The molecule has 88 valence electrons. The standard InChI is InChI=1S/C10H16N4O2/c1-10(2,16)8-5-14(13-12-8)6-9(15)11-7-3-4-7/h5,7,16H,3-4,6H2,1-2H3,(H,11,15). The van der Waals surface area contributed by atoms with E-state index >= 15 is 0 Å². The van der Waals surface area contributed by atoms with E-state index in [9.17, 15) is 9.90 Å². The molecule has 0 aromatic carbocycles. The number of aliphatic hydroxyl groups is 1. The van der Waals surface area contributed by atoms with Gasteiger partial charge in [0, 0.05) is 6.04 Å². The molecule has 0 saturated heterocycles. The number of rotatable bonds is 4. The first-order valence-corrected chi connectivity index (χ1v) is 5.37. The Morgan fingerprint density at radius 3 is 2.88 bits per heavy atom. The van der Waals surface area contributed by atoms with Crippen LogP contribution in [0.1, 0.15) is 32.4 Å². The van der Waals surface area contributed by atoms with E-state index in [0.717, 1.165) is 12.8 Å². The van der Waals surface area contributed by atoms with Gasteiger partial charge in [-0.05, 0) is 26.7 Å². The minimum atomic E-state index is -1.02. The summed E-state index contributed by atoms with van der Waals surface area (Å²) in [6.07, 6.45) is 3.72. The molecular formula is C10H16N4O2. The van der Waals surface area contributed by atoms with Gasteiger partial charge >= 0.3 is 0 Å². The molecule has 0 radical (unpaired) electrons. The van der Waals surface area contributed by atoms with Gasteiger partial charge in [0.15, 0.2) is 0 Å². The maximum absolute atomic E-state index is 11.5. The van der Waals surface area contributed by atoms with Crippen molar-refractivity contribution >= 4 is 5.91 Å². The predicted molar refractivity (Wildman–Crippen MR) is 56.4 cm³/mol. The minimum Gasteiger partial charge on any atom is -0.384 e. The summed E-state index contributed by atoms with van der Waals surface area (Å²) >= 11 is 0. The van der Waals surface area contributed by atoms with Crippen molar-refractivity contribution in [1.29, 1.82) is 0 Å². The van der Waals surface area contributed by atoms with Crippen molar-refractivity contribution in [2.24, 2.45) is 0 Å². The molecule has 1 aliphatic rings. The number of carbonyl (C=O) groups excluding carboxylic acids is 1. The molecular weight excluding hydrogens is 208 g/mol.